The third kappa shape index (κ3) is 5.16. The average molecular weight is 216 g/mol. The minimum Gasteiger partial charge on any atom is -0.0871 e. The zero-order valence-electron chi connectivity index (χ0n) is 10.7. The Morgan fingerprint density at radius 2 is 1.62 bits per heavy atom. The molecule has 88 valence electrons. The maximum absolute atomic E-state index is 2.26. The maximum Gasteiger partial charge on any atom is -0.0260 e. The first-order valence-corrected chi connectivity index (χ1v) is 6.58. The maximum atomic E-state index is 2.26. The van der Waals surface area contributed by atoms with Gasteiger partial charge in [-0.3, -0.25) is 0 Å². The Hall–Kier alpha value is -1.04. The molecule has 0 nitrogen and oxygen atoms in total. The molecular weight excluding hydrogens is 192 g/mol. The molecule has 16 heavy (non-hydrogen) atoms. The van der Waals surface area contributed by atoms with Crippen molar-refractivity contribution in [3.8, 4) is 0 Å². The van der Waals surface area contributed by atoms with E-state index in [0.29, 0.717) is 0 Å². The van der Waals surface area contributed by atoms with Gasteiger partial charge in [-0.15, -0.1) is 0 Å². The summed E-state index contributed by atoms with van der Waals surface area (Å²) in [7, 11) is 0. The van der Waals surface area contributed by atoms with Gasteiger partial charge in [0.05, 0.1) is 0 Å². The van der Waals surface area contributed by atoms with E-state index in [1.54, 1.807) is 0 Å². The normalized spacial score (nSPS) is 11.1. The molecule has 1 rings (SSSR count). The highest BCUT2D eigenvalue weighted by Gasteiger charge is 1.93. The summed E-state index contributed by atoms with van der Waals surface area (Å²) in [4.78, 5) is 0. The first-order chi connectivity index (χ1) is 7.86. The van der Waals surface area contributed by atoms with E-state index in [2.05, 4.69) is 50.3 Å². The van der Waals surface area contributed by atoms with Gasteiger partial charge in [0.1, 0.15) is 0 Å². The molecule has 0 amide bonds. The quantitative estimate of drug-likeness (QED) is 0.547. The van der Waals surface area contributed by atoms with Gasteiger partial charge in [-0.1, -0.05) is 69.0 Å². The van der Waals surface area contributed by atoms with Crippen LogP contribution < -0.4 is 0 Å². The summed E-state index contributed by atoms with van der Waals surface area (Å²) >= 11 is 0. The summed E-state index contributed by atoms with van der Waals surface area (Å²) in [5, 5.41) is 0. The molecule has 0 spiro atoms. The van der Waals surface area contributed by atoms with Crippen LogP contribution in [0, 0.1) is 0 Å². The van der Waals surface area contributed by atoms with Crippen LogP contribution in [0.2, 0.25) is 0 Å². The van der Waals surface area contributed by atoms with E-state index in [1.807, 2.05) is 0 Å². The molecule has 1 aromatic rings. The molecule has 0 saturated carbocycles. The van der Waals surface area contributed by atoms with Crippen molar-refractivity contribution < 1.29 is 0 Å². The molecular formula is C16H24. The summed E-state index contributed by atoms with van der Waals surface area (Å²) in [6, 6.07) is 8.94. The summed E-state index contributed by atoms with van der Waals surface area (Å²) in [6.45, 7) is 4.32. The largest absolute Gasteiger partial charge is 0.0871 e. The van der Waals surface area contributed by atoms with Crippen LogP contribution in [-0.4, -0.2) is 0 Å². The first-order valence-electron chi connectivity index (χ1n) is 6.58. The van der Waals surface area contributed by atoms with E-state index >= 15 is 0 Å². The van der Waals surface area contributed by atoms with Crippen LogP contribution in [0.1, 0.15) is 57.1 Å². The zero-order chi connectivity index (χ0) is 11.6. The second-order valence-corrected chi connectivity index (χ2v) is 4.41. The molecule has 0 aliphatic carbocycles. The van der Waals surface area contributed by atoms with Gasteiger partial charge in [0, 0.05) is 0 Å². The molecule has 0 aromatic heterocycles. The fourth-order valence-electron chi connectivity index (χ4n) is 1.92. The predicted molar refractivity (Wildman–Crippen MR) is 73.6 cm³/mol. The first kappa shape index (κ1) is 13.0. The van der Waals surface area contributed by atoms with Gasteiger partial charge in [0.15, 0.2) is 0 Å². The number of aryl methyl sites for hydroxylation is 1. The third-order valence-electron chi connectivity index (χ3n) is 2.91. The fraction of sp³-hybridized carbons (Fsp3) is 0.500. The molecule has 0 radical (unpaired) electrons. The lowest BCUT2D eigenvalue weighted by molar-refractivity contribution is 0.632. The molecule has 0 bridgehead atoms. The smallest absolute Gasteiger partial charge is 0.0260 e. The highest BCUT2D eigenvalue weighted by Crippen LogP contribution is 2.11. The van der Waals surface area contributed by atoms with Gasteiger partial charge < -0.3 is 0 Å². The molecule has 0 N–H and O–H groups in total. The van der Waals surface area contributed by atoms with Crippen LogP contribution in [-0.2, 0) is 6.42 Å². The van der Waals surface area contributed by atoms with Crippen LogP contribution in [0.15, 0.2) is 30.3 Å². The van der Waals surface area contributed by atoms with Gasteiger partial charge in [-0.05, 0) is 30.9 Å². The molecule has 0 heteroatoms. The van der Waals surface area contributed by atoms with Crippen LogP contribution >= 0.6 is 0 Å². The number of hydrogen-bond acceptors (Lipinski definition) is 0. The minimum absolute atomic E-state index is 1.24. The molecule has 0 aliphatic rings. The Balaban J connectivity index is 2.26. The standard InChI is InChI=1S/C16H24/c1-3-5-6-7-8-10-16-13-11-15(9-4-2)12-14-16/h4,9,11-14H,3,5-8,10H2,1-2H3. The number of unbranched alkanes of at least 4 members (excludes halogenated alkanes) is 4. The fourth-order valence-corrected chi connectivity index (χ4v) is 1.92. The third-order valence-corrected chi connectivity index (χ3v) is 2.91. The second-order valence-electron chi connectivity index (χ2n) is 4.41. The lowest BCUT2D eigenvalue weighted by Gasteiger charge is -2.02. The van der Waals surface area contributed by atoms with Crippen molar-refractivity contribution in [1.29, 1.82) is 0 Å². The van der Waals surface area contributed by atoms with Crippen molar-refractivity contribution >= 4 is 6.08 Å². The van der Waals surface area contributed by atoms with Crippen LogP contribution in [0.25, 0.3) is 6.08 Å². The Morgan fingerprint density at radius 3 is 2.25 bits per heavy atom. The van der Waals surface area contributed by atoms with Crippen molar-refractivity contribution in [2.75, 3.05) is 0 Å². The lowest BCUT2D eigenvalue weighted by atomic mass is 10.0. The highest BCUT2D eigenvalue weighted by molar-refractivity contribution is 5.49. The minimum atomic E-state index is 1.24. The van der Waals surface area contributed by atoms with Crippen LogP contribution in [0.4, 0.5) is 0 Å². The van der Waals surface area contributed by atoms with Crippen LogP contribution in [0.3, 0.4) is 0 Å². The second kappa shape index (κ2) is 8.15. The van der Waals surface area contributed by atoms with E-state index in [9.17, 15) is 0 Å². The van der Waals surface area contributed by atoms with E-state index in [0.717, 1.165) is 0 Å². The Bertz CT molecular complexity index is 292. The number of rotatable bonds is 7. The molecule has 0 fully saturated rings. The summed E-state index contributed by atoms with van der Waals surface area (Å²) in [5.74, 6) is 0. The summed E-state index contributed by atoms with van der Waals surface area (Å²) in [5.41, 5.74) is 2.78. The van der Waals surface area contributed by atoms with Gasteiger partial charge in [0.25, 0.3) is 0 Å². The Morgan fingerprint density at radius 1 is 0.938 bits per heavy atom. The lowest BCUT2D eigenvalue weighted by Crippen LogP contribution is -1.86. The molecule has 0 saturated heterocycles. The number of benzene rings is 1. The van der Waals surface area contributed by atoms with E-state index in [1.165, 1.54) is 49.7 Å². The summed E-state index contributed by atoms with van der Waals surface area (Å²) in [6.07, 6.45) is 12.3. The van der Waals surface area contributed by atoms with Crippen molar-refractivity contribution in [3.05, 3.63) is 41.5 Å². The summed E-state index contributed by atoms with van der Waals surface area (Å²) < 4.78 is 0. The monoisotopic (exact) mass is 216 g/mol. The van der Waals surface area contributed by atoms with E-state index < -0.39 is 0 Å². The zero-order valence-corrected chi connectivity index (χ0v) is 10.7. The number of allylic oxidation sites excluding steroid dienone is 1. The van der Waals surface area contributed by atoms with Gasteiger partial charge in [-0.2, -0.15) is 0 Å². The molecule has 0 unspecified atom stereocenters. The van der Waals surface area contributed by atoms with Gasteiger partial charge in [-0.25, -0.2) is 0 Å². The molecule has 0 heterocycles. The van der Waals surface area contributed by atoms with E-state index in [4.69, 9.17) is 0 Å². The van der Waals surface area contributed by atoms with E-state index in [-0.39, 0.29) is 0 Å². The van der Waals surface area contributed by atoms with Gasteiger partial charge >= 0.3 is 0 Å². The van der Waals surface area contributed by atoms with Gasteiger partial charge in [0.2, 0.25) is 0 Å². The molecule has 0 atom stereocenters. The average Bonchev–Trinajstić information content (AvgIpc) is 2.31. The van der Waals surface area contributed by atoms with Crippen molar-refractivity contribution in [2.45, 2.75) is 52.4 Å². The molecule has 1 aromatic carbocycles. The highest BCUT2D eigenvalue weighted by atomic mass is 14.0. The Kier molecular flexibility index (Phi) is 6.64. The van der Waals surface area contributed by atoms with Crippen molar-refractivity contribution in [2.24, 2.45) is 0 Å². The van der Waals surface area contributed by atoms with Crippen molar-refractivity contribution in [1.82, 2.24) is 0 Å². The number of hydrogen-bond donors (Lipinski definition) is 0. The topological polar surface area (TPSA) is 0 Å². The van der Waals surface area contributed by atoms with Crippen molar-refractivity contribution in [3.63, 3.8) is 0 Å². The predicted octanol–water partition coefficient (Wildman–Crippen LogP) is 5.23. The SMILES string of the molecule is CC=Cc1ccc(CCCCCCC)cc1. The van der Waals surface area contributed by atoms with Crippen LogP contribution in [0.5, 0.6) is 0 Å². The molecule has 0 aliphatic heterocycles. The Labute approximate surface area is 100 Å².